The summed E-state index contributed by atoms with van der Waals surface area (Å²) in [5.41, 5.74) is 0. The van der Waals surface area contributed by atoms with Crippen molar-refractivity contribution >= 4 is 34.7 Å². The lowest BCUT2D eigenvalue weighted by Crippen LogP contribution is -2.41. The van der Waals surface area contributed by atoms with Crippen molar-refractivity contribution in [1.82, 2.24) is 5.32 Å². The van der Waals surface area contributed by atoms with Gasteiger partial charge in [-0.1, -0.05) is 11.8 Å². The van der Waals surface area contributed by atoms with Crippen LogP contribution in [0.2, 0.25) is 0 Å². The number of hydrogen-bond acceptors (Lipinski definition) is 5. The SMILES string of the molecule is CC(=O)N[C@@H](CSC(=O)/C=C/C(=O)O)C(=O)O. The van der Waals surface area contributed by atoms with Crippen LogP contribution in [0.25, 0.3) is 0 Å². The first kappa shape index (κ1) is 15.2. The average molecular weight is 261 g/mol. The minimum Gasteiger partial charge on any atom is -0.480 e. The summed E-state index contributed by atoms with van der Waals surface area (Å²) in [4.78, 5) is 42.5. The predicted molar refractivity (Wildman–Crippen MR) is 59.5 cm³/mol. The van der Waals surface area contributed by atoms with E-state index in [0.717, 1.165) is 13.0 Å². The van der Waals surface area contributed by atoms with E-state index < -0.39 is 29.0 Å². The van der Waals surface area contributed by atoms with Crippen molar-refractivity contribution in [2.45, 2.75) is 13.0 Å². The summed E-state index contributed by atoms with van der Waals surface area (Å²) in [6.45, 7) is 1.16. The van der Waals surface area contributed by atoms with Crippen LogP contribution in [0.3, 0.4) is 0 Å². The molecule has 94 valence electrons. The van der Waals surface area contributed by atoms with Crippen LogP contribution in [-0.2, 0) is 19.2 Å². The van der Waals surface area contributed by atoms with E-state index >= 15 is 0 Å². The van der Waals surface area contributed by atoms with Crippen molar-refractivity contribution in [1.29, 1.82) is 0 Å². The summed E-state index contributed by atoms with van der Waals surface area (Å²) in [5, 5.41) is 18.5. The Morgan fingerprint density at radius 1 is 1.24 bits per heavy atom. The lowest BCUT2D eigenvalue weighted by molar-refractivity contribution is -0.140. The molecule has 0 aromatic rings. The van der Waals surface area contributed by atoms with Gasteiger partial charge in [-0.25, -0.2) is 9.59 Å². The van der Waals surface area contributed by atoms with Crippen molar-refractivity contribution in [3.05, 3.63) is 12.2 Å². The summed E-state index contributed by atoms with van der Waals surface area (Å²) in [6, 6.07) is -1.18. The number of carboxylic acids is 2. The molecule has 17 heavy (non-hydrogen) atoms. The summed E-state index contributed by atoms with van der Waals surface area (Å²) in [5.74, 6) is -3.22. The first-order chi connectivity index (χ1) is 7.82. The van der Waals surface area contributed by atoms with Crippen LogP contribution in [0.4, 0.5) is 0 Å². The smallest absolute Gasteiger partial charge is 0.328 e. The van der Waals surface area contributed by atoms with E-state index in [9.17, 15) is 19.2 Å². The van der Waals surface area contributed by atoms with Gasteiger partial charge < -0.3 is 15.5 Å². The number of carbonyl (C=O) groups excluding carboxylic acids is 2. The van der Waals surface area contributed by atoms with Crippen molar-refractivity contribution in [2.75, 3.05) is 5.75 Å². The number of aliphatic carboxylic acids is 2. The highest BCUT2D eigenvalue weighted by Gasteiger charge is 2.19. The maximum absolute atomic E-state index is 11.1. The Labute approximate surface area is 101 Å². The van der Waals surface area contributed by atoms with Gasteiger partial charge in [-0.2, -0.15) is 0 Å². The molecule has 0 aromatic carbocycles. The third-order valence-corrected chi connectivity index (χ3v) is 2.35. The van der Waals surface area contributed by atoms with Gasteiger partial charge in [0.05, 0.1) is 0 Å². The zero-order valence-electron chi connectivity index (χ0n) is 8.87. The third-order valence-electron chi connectivity index (χ3n) is 1.43. The lowest BCUT2D eigenvalue weighted by Gasteiger charge is -2.11. The molecular weight excluding hydrogens is 250 g/mol. The average Bonchev–Trinajstić information content (AvgIpc) is 2.20. The third kappa shape index (κ3) is 8.03. The number of thioether (sulfide) groups is 1. The fraction of sp³-hybridized carbons (Fsp3) is 0.333. The molecule has 0 radical (unpaired) electrons. The molecule has 3 N–H and O–H groups in total. The summed E-state index contributed by atoms with van der Waals surface area (Å²) in [6.07, 6.45) is 1.48. The highest BCUT2D eigenvalue weighted by molar-refractivity contribution is 8.14. The minimum absolute atomic E-state index is 0.169. The van der Waals surface area contributed by atoms with Crippen LogP contribution in [0.1, 0.15) is 6.92 Å². The quantitative estimate of drug-likeness (QED) is 0.550. The molecule has 0 spiro atoms. The first-order valence-corrected chi connectivity index (χ1v) is 5.39. The molecule has 0 rings (SSSR count). The summed E-state index contributed by atoms with van der Waals surface area (Å²) in [7, 11) is 0. The molecule has 0 heterocycles. The molecule has 0 bridgehead atoms. The van der Waals surface area contributed by atoms with E-state index in [-0.39, 0.29) is 5.75 Å². The highest BCUT2D eigenvalue weighted by atomic mass is 32.2. The fourth-order valence-electron chi connectivity index (χ4n) is 0.773. The first-order valence-electron chi connectivity index (χ1n) is 4.40. The molecule has 0 saturated carbocycles. The van der Waals surface area contributed by atoms with E-state index in [1.165, 1.54) is 0 Å². The Kier molecular flexibility index (Phi) is 6.64. The molecule has 0 fully saturated rings. The monoisotopic (exact) mass is 261 g/mol. The number of hydrogen-bond donors (Lipinski definition) is 3. The second kappa shape index (κ2) is 7.44. The van der Waals surface area contributed by atoms with Crippen molar-refractivity contribution in [3.63, 3.8) is 0 Å². The van der Waals surface area contributed by atoms with Gasteiger partial charge in [0.15, 0.2) is 0 Å². The van der Waals surface area contributed by atoms with Crippen molar-refractivity contribution < 1.29 is 29.4 Å². The van der Waals surface area contributed by atoms with E-state index in [1.54, 1.807) is 0 Å². The van der Waals surface area contributed by atoms with Crippen LogP contribution in [0.15, 0.2) is 12.2 Å². The maximum Gasteiger partial charge on any atom is 0.328 e. The van der Waals surface area contributed by atoms with Gasteiger partial charge in [-0.3, -0.25) is 9.59 Å². The van der Waals surface area contributed by atoms with Gasteiger partial charge >= 0.3 is 11.9 Å². The number of carbonyl (C=O) groups is 4. The molecule has 1 atom stereocenters. The highest BCUT2D eigenvalue weighted by Crippen LogP contribution is 2.06. The zero-order valence-corrected chi connectivity index (χ0v) is 9.69. The second-order valence-electron chi connectivity index (χ2n) is 2.89. The van der Waals surface area contributed by atoms with Crippen LogP contribution < -0.4 is 5.32 Å². The Morgan fingerprint density at radius 3 is 2.24 bits per heavy atom. The lowest BCUT2D eigenvalue weighted by atomic mass is 10.3. The van der Waals surface area contributed by atoms with E-state index in [1.807, 2.05) is 0 Å². The Bertz CT molecular complexity index is 364. The normalized spacial score (nSPS) is 12.1. The molecule has 0 aliphatic carbocycles. The van der Waals surface area contributed by atoms with E-state index in [2.05, 4.69) is 5.32 Å². The Hall–Kier alpha value is -1.83. The molecule has 0 aromatic heterocycles. The Balaban J connectivity index is 4.22. The van der Waals surface area contributed by atoms with Gasteiger partial charge in [-0.05, 0) is 6.08 Å². The van der Waals surface area contributed by atoms with Crippen LogP contribution >= 0.6 is 11.8 Å². The molecule has 7 nitrogen and oxygen atoms in total. The minimum atomic E-state index is -1.27. The van der Waals surface area contributed by atoms with Crippen molar-refractivity contribution in [2.24, 2.45) is 0 Å². The molecule has 0 saturated heterocycles. The number of carboxylic acid groups (broad SMARTS) is 2. The Morgan fingerprint density at radius 2 is 1.82 bits per heavy atom. The molecule has 8 heteroatoms. The van der Waals surface area contributed by atoms with E-state index in [0.29, 0.717) is 17.8 Å². The second-order valence-corrected chi connectivity index (χ2v) is 3.92. The van der Waals surface area contributed by atoms with E-state index in [4.69, 9.17) is 10.2 Å². The van der Waals surface area contributed by atoms with Gasteiger partial charge in [-0.15, -0.1) is 0 Å². The van der Waals surface area contributed by atoms with Gasteiger partial charge in [0.2, 0.25) is 11.0 Å². The predicted octanol–water partition coefficient (Wildman–Crippen LogP) is -0.524. The van der Waals surface area contributed by atoms with Crippen molar-refractivity contribution in [3.8, 4) is 0 Å². The number of rotatable bonds is 6. The fourth-order valence-corrected chi connectivity index (χ4v) is 1.49. The molecule has 0 aliphatic heterocycles. The molecule has 0 aliphatic rings. The largest absolute Gasteiger partial charge is 0.480 e. The standard InChI is InChI=1S/C9H11NO6S/c1-5(11)10-6(9(15)16)4-17-8(14)3-2-7(12)13/h2-3,6H,4H2,1H3,(H,10,11)(H,12,13)(H,15,16)/b3-2+/t6-/m0/s1. The van der Waals surface area contributed by atoms with Gasteiger partial charge in [0.1, 0.15) is 6.04 Å². The van der Waals surface area contributed by atoms with Gasteiger partial charge in [0, 0.05) is 18.8 Å². The number of amides is 1. The van der Waals surface area contributed by atoms with Crippen LogP contribution in [0, 0.1) is 0 Å². The molecular formula is C9H11NO6S. The molecule has 0 unspecified atom stereocenters. The van der Waals surface area contributed by atoms with Crippen LogP contribution in [0.5, 0.6) is 0 Å². The zero-order chi connectivity index (χ0) is 13.4. The maximum atomic E-state index is 11.1. The summed E-state index contributed by atoms with van der Waals surface area (Å²) >= 11 is 0.612. The number of nitrogens with one attached hydrogen (secondary N) is 1. The summed E-state index contributed by atoms with van der Waals surface area (Å²) < 4.78 is 0. The molecule has 1 amide bonds. The topological polar surface area (TPSA) is 121 Å². The van der Waals surface area contributed by atoms with Crippen LogP contribution in [-0.4, -0.2) is 45.0 Å². The van der Waals surface area contributed by atoms with Gasteiger partial charge in [0.25, 0.3) is 0 Å².